The van der Waals surface area contributed by atoms with E-state index in [-0.39, 0.29) is 5.91 Å². The van der Waals surface area contributed by atoms with E-state index in [4.69, 9.17) is 0 Å². The SMILES string of the molecule is O=C(c1ccc2nnnn2c1)N1CC=C(c2c[nH]c3ccccc23)CC1. The smallest absolute Gasteiger partial charge is 0.255 e. The Labute approximate surface area is 148 Å². The molecule has 0 atom stereocenters. The summed E-state index contributed by atoms with van der Waals surface area (Å²) in [5, 5.41) is 12.5. The number of benzene rings is 1. The van der Waals surface area contributed by atoms with Crippen LogP contribution in [0.1, 0.15) is 22.3 Å². The lowest BCUT2D eigenvalue weighted by Crippen LogP contribution is -2.34. The van der Waals surface area contributed by atoms with Gasteiger partial charge in [-0.05, 0) is 40.6 Å². The lowest BCUT2D eigenvalue weighted by atomic mass is 9.98. The minimum atomic E-state index is -0.00312. The van der Waals surface area contributed by atoms with Gasteiger partial charge >= 0.3 is 0 Å². The lowest BCUT2D eigenvalue weighted by molar-refractivity contribution is 0.0772. The first kappa shape index (κ1) is 14.8. The molecule has 5 rings (SSSR count). The zero-order valence-electron chi connectivity index (χ0n) is 14.0. The molecular weight excluding hydrogens is 328 g/mol. The van der Waals surface area contributed by atoms with Crippen molar-refractivity contribution < 1.29 is 4.79 Å². The lowest BCUT2D eigenvalue weighted by Gasteiger charge is -2.26. The van der Waals surface area contributed by atoms with E-state index in [0.717, 1.165) is 11.9 Å². The molecule has 0 radical (unpaired) electrons. The number of hydrogen-bond donors (Lipinski definition) is 1. The first-order chi connectivity index (χ1) is 12.8. The molecule has 3 aromatic heterocycles. The van der Waals surface area contributed by atoms with E-state index >= 15 is 0 Å². The number of carbonyl (C=O) groups excluding carboxylic acids is 1. The Kier molecular flexibility index (Phi) is 3.31. The van der Waals surface area contributed by atoms with Gasteiger partial charge in [0.2, 0.25) is 0 Å². The second kappa shape index (κ2) is 5.80. The summed E-state index contributed by atoms with van der Waals surface area (Å²) in [7, 11) is 0. The zero-order valence-corrected chi connectivity index (χ0v) is 14.0. The van der Waals surface area contributed by atoms with Gasteiger partial charge in [-0.25, -0.2) is 0 Å². The quantitative estimate of drug-likeness (QED) is 0.606. The molecule has 7 heteroatoms. The molecule has 0 fully saturated rings. The van der Waals surface area contributed by atoms with Gasteiger partial charge in [0.15, 0.2) is 5.65 Å². The Balaban J connectivity index is 1.39. The van der Waals surface area contributed by atoms with Gasteiger partial charge in [0, 0.05) is 41.9 Å². The number of nitrogens with one attached hydrogen (secondary N) is 1. The van der Waals surface area contributed by atoms with Crippen molar-refractivity contribution in [2.75, 3.05) is 13.1 Å². The molecule has 0 aliphatic carbocycles. The van der Waals surface area contributed by atoms with Gasteiger partial charge in [0.1, 0.15) is 0 Å². The van der Waals surface area contributed by atoms with Crippen LogP contribution in [0.2, 0.25) is 0 Å². The van der Waals surface area contributed by atoms with Crippen molar-refractivity contribution in [3.8, 4) is 0 Å². The Morgan fingerprint density at radius 3 is 2.96 bits per heavy atom. The number of para-hydroxylation sites is 1. The molecule has 1 N–H and O–H groups in total. The van der Waals surface area contributed by atoms with E-state index in [1.54, 1.807) is 18.3 Å². The van der Waals surface area contributed by atoms with Crippen LogP contribution < -0.4 is 0 Å². The second-order valence-corrected chi connectivity index (χ2v) is 6.38. The third kappa shape index (κ3) is 2.36. The van der Waals surface area contributed by atoms with Gasteiger partial charge in [0.25, 0.3) is 5.91 Å². The summed E-state index contributed by atoms with van der Waals surface area (Å²) in [5.74, 6) is -0.00312. The van der Waals surface area contributed by atoms with Crippen LogP contribution in [0, 0.1) is 0 Å². The van der Waals surface area contributed by atoms with Crippen LogP contribution in [0.15, 0.2) is 54.9 Å². The number of tetrazole rings is 1. The molecule has 7 nitrogen and oxygen atoms in total. The molecule has 4 aromatic rings. The van der Waals surface area contributed by atoms with Gasteiger partial charge < -0.3 is 9.88 Å². The van der Waals surface area contributed by atoms with Crippen molar-refractivity contribution in [1.29, 1.82) is 0 Å². The number of aromatic nitrogens is 5. The number of amides is 1. The van der Waals surface area contributed by atoms with Gasteiger partial charge in [-0.2, -0.15) is 4.52 Å². The van der Waals surface area contributed by atoms with E-state index in [1.807, 2.05) is 17.0 Å². The number of H-pyrrole nitrogens is 1. The Morgan fingerprint density at radius 1 is 1.15 bits per heavy atom. The minimum Gasteiger partial charge on any atom is -0.361 e. The molecule has 0 saturated carbocycles. The maximum absolute atomic E-state index is 12.8. The van der Waals surface area contributed by atoms with Crippen molar-refractivity contribution >= 4 is 28.0 Å². The zero-order chi connectivity index (χ0) is 17.5. The van der Waals surface area contributed by atoms with Gasteiger partial charge in [0.05, 0.1) is 5.56 Å². The fraction of sp³-hybridized carbons (Fsp3) is 0.158. The topological polar surface area (TPSA) is 79.2 Å². The molecule has 0 unspecified atom stereocenters. The molecule has 0 bridgehead atoms. The number of pyridine rings is 1. The molecular formula is C19H16N6O. The molecule has 128 valence electrons. The summed E-state index contributed by atoms with van der Waals surface area (Å²) in [6, 6.07) is 11.8. The average molecular weight is 344 g/mol. The Morgan fingerprint density at radius 2 is 2.08 bits per heavy atom. The Bertz CT molecular complexity index is 1150. The summed E-state index contributed by atoms with van der Waals surface area (Å²) < 4.78 is 1.52. The normalized spacial score (nSPS) is 14.8. The predicted molar refractivity (Wildman–Crippen MR) is 97.6 cm³/mol. The minimum absolute atomic E-state index is 0.00312. The van der Waals surface area contributed by atoms with Crippen LogP contribution in [0.3, 0.4) is 0 Å². The molecule has 4 heterocycles. The average Bonchev–Trinajstić information content (AvgIpc) is 3.34. The maximum atomic E-state index is 12.8. The number of aromatic amines is 1. The third-order valence-corrected chi connectivity index (χ3v) is 4.87. The number of nitrogens with zero attached hydrogens (tertiary/aromatic N) is 5. The van der Waals surface area contributed by atoms with Crippen molar-refractivity contribution in [3.05, 3.63) is 66.0 Å². The second-order valence-electron chi connectivity index (χ2n) is 6.38. The van der Waals surface area contributed by atoms with E-state index in [0.29, 0.717) is 24.3 Å². The Hall–Kier alpha value is -3.48. The van der Waals surface area contributed by atoms with Crippen molar-refractivity contribution in [2.45, 2.75) is 6.42 Å². The number of rotatable bonds is 2. The van der Waals surface area contributed by atoms with E-state index < -0.39 is 0 Å². The van der Waals surface area contributed by atoms with Crippen LogP contribution in [-0.4, -0.2) is 48.9 Å². The van der Waals surface area contributed by atoms with Crippen LogP contribution >= 0.6 is 0 Å². The van der Waals surface area contributed by atoms with E-state index in [2.05, 4.69) is 44.9 Å². The summed E-state index contributed by atoms with van der Waals surface area (Å²) >= 11 is 0. The number of carbonyl (C=O) groups is 1. The molecule has 0 saturated heterocycles. The number of hydrogen-bond acceptors (Lipinski definition) is 4. The summed E-state index contributed by atoms with van der Waals surface area (Å²) in [4.78, 5) is 17.9. The highest BCUT2D eigenvalue weighted by Gasteiger charge is 2.21. The molecule has 1 amide bonds. The highest BCUT2D eigenvalue weighted by Crippen LogP contribution is 2.29. The molecule has 1 aliphatic heterocycles. The molecule has 26 heavy (non-hydrogen) atoms. The molecule has 0 spiro atoms. The largest absolute Gasteiger partial charge is 0.361 e. The van der Waals surface area contributed by atoms with Crippen LogP contribution in [-0.2, 0) is 0 Å². The van der Waals surface area contributed by atoms with Crippen LogP contribution in [0.5, 0.6) is 0 Å². The fourth-order valence-electron chi connectivity index (χ4n) is 3.49. The highest BCUT2D eigenvalue weighted by atomic mass is 16.2. The number of fused-ring (bicyclic) bond motifs is 2. The van der Waals surface area contributed by atoms with Gasteiger partial charge in [-0.15, -0.1) is 5.10 Å². The monoisotopic (exact) mass is 344 g/mol. The van der Waals surface area contributed by atoms with Crippen molar-refractivity contribution in [1.82, 2.24) is 29.9 Å². The van der Waals surface area contributed by atoms with Crippen LogP contribution in [0.4, 0.5) is 0 Å². The fourth-order valence-corrected chi connectivity index (χ4v) is 3.49. The molecule has 1 aromatic carbocycles. The summed E-state index contributed by atoms with van der Waals surface area (Å²) in [6.07, 6.45) is 6.71. The predicted octanol–water partition coefficient (Wildman–Crippen LogP) is 2.54. The van der Waals surface area contributed by atoms with Crippen molar-refractivity contribution in [2.24, 2.45) is 0 Å². The summed E-state index contributed by atoms with van der Waals surface area (Å²) in [6.45, 7) is 1.29. The standard InChI is InChI=1S/C19H16N6O/c26-19(14-5-6-18-21-22-23-25(18)12-14)24-9-7-13(8-10-24)16-11-20-17-4-2-1-3-15(16)17/h1-7,11-12,20H,8-10H2. The van der Waals surface area contributed by atoms with Crippen molar-refractivity contribution in [3.63, 3.8) is 0 Å². The maximum Gasteiger partial charge on any atom is 0.255 e. The molecule has 1 aliphatic rings. The first-order valence-corrected chi connectivity index (χ1v) is 8.52. The highest BCUT2D eigenvalue weighted by molar-refractivity contribution is 5.96. The third-order valence-electron chi connectivity index (χ3n) is 4.87. The summed E-state index contributed by atoms with van der Waals surface area (Å²) in [5.41, 5.74) is 4.86. The van der Waals surface area contributed by atoms with Crippen LogP contribution in [0.25, 0.3) is 22.1 Å². The van der Waals surface area contributed by atoms with E-state index in [9.17, 15) is 4.79 Å². The van der Waals surface area contributed by atoms with E-state index in [1.165, 1.54) is 21.0 Å². The van der Waals surface area contributed by atoms with Gasteiger partial charge in [-0.1, -0.05) is 24.3 Å². The first-order valence-electron chi connectivity index (χ1n) is 8.52. The van der Waals surface area contributed by atoms with Gasteiger partial charge in [-0.3, -0.25) is 4.79 Å².